The molecule has 2 aliphatic carbocycles. The molecule has 0 spiro atoms. The second kappa shape index (κ2) is 16.0. The van der Waals surface area contributed by atoms with Crippen LogP contribution in [-0.4, -0.2) is 80.1 Å². The molecule has 0 amide bonds. The first-order valence-corrected chi connectivity index (χ1v) is 15.7. The molecule has 206 valence electrons. The Labute approximate surface area is 222 Å². The highest BCUT2D eigenvalue weighted by Crippen LogP contribution is 2.20. The number of aliphatic imine (C=N–C) groups is 1. The van der Waals surface area contributed by atoms with Crippen LogP contribution in [0.15, 0.2) is 16.9 Å². The fourth-order valence-electron chi connectivity index (χ4n) is 6.53. The third-order valence-electron chi connectivity index (χ3n) is 8.97. The molecule has 1 atom stereocenters. The molecule has 0 aromatic rings. The number of nitrogens with zero attached hydrogens (tertiary/aromatic N) is 3. The van der Waals surface area contributed by atoms with E-state index in [-0.39, 0.29) is 0 Å². The summed E-state index contributed by atoms with van der Waals surface area (Å²) in [7, 11) is 0. The van der Waals surface area contributed by atoms with Crippen molar-refractivity contribution < 1.29 is 0 Å². The number of allylic oxidation sites excluding steroid dienone is 1. The Morgan fingerprint density at radius 3 is 1.94 bits per heavy atom. The van der Waals surface area contributed by atoms with Crippen LogP contribution in [0.4, 0.5) is 0 Å². The summed E-state index contributed by atoms with van der Waals surface area (Å²) in [6, 6.07) is 1.50. The van der Waals surface area contributed by atoms with Gasteiger partial charge in [-0.3, -0.25) is 9.89 Å². The van der Waals surface area contributed by atoms with E-state index in [2.05, 4.69) is 38.7 Å². The molecule has 0 aromatic carbocycles. The highest BCUT2D eigenvalue weighted by Gasteiger charge is 2.21. The molecular weight excluding hydrogens is 444 g/mol. The van der Waals surface area contributed by atoms with Crippen molar-refractivity contribution in [3.8, 4) is 0 Å². The maximum absolute atomic E-state index is 5.12. The fraction of sp³-hybridized carbons (Fsp3) is 0.900. The second-order valence-electron chi connectivity index (χ2n) is 11.9. The van der Waals surface area contributed by atoms with Crippen LogP contribution in [0.2, 0.25) is 0 Å². The topological polar surface area (TPSA) is 54.9 Å². The van der Waals surface area contributed by atoms with Crippen LogP contribution >= 0.6 is 0 Å². The van der Waals surface area contributed by atoms with E-state index in [1.807, 2.05) is 0 Å². The molecule has 1 saturated heterocycles. The Kier molecular flexibility index (Phi) is 12.4. The van der Waals surface area contributed by atoms with Gasteiger partial charge in [0.2, 0.25) is 0 Å². The first-order chi connectivity index (χ1) is 17.8. The average Bonchev–Trinajstić information content (AvgIpc) is 3.20. The number of nitrogens with one attached hydrogen (secondary N) is 3. The van der Waals surface area contributed by atoms with E-state index in [1.54, 1.807) is 0 Å². The average molecular weight is 501 g/mol. The van der Waals surface area contributed by atoms with Crippen molar-refractivity contribution in [1.82, 2.24) is 25.8 Å². The summed E-state index contributed by atoms with van der Waals surface area (Å²) in [4.78, 5) is 10.3. The first kappa shape index (κ1) is 27.9. The van der Waals surface area contributed by atoms with E-state index >= 15 is 0 Å². The number of hydrogen-bond acceptors (Lipinski definition) is 5. The SMILES string of the molecule is CC1CC=C(N2CCCCCC2)NC1=NCCN(CCNC1CCCCC1)CCNC1CCCCC1. The van der Waals surface area contributed by atoms with Gasteiger partial charge in [0.1, 0.15) is 11.7 Å². The van der Waals surface area contributed by atoms with Crippen LogP contribution in [0.25, 0.3) is 0 Å². The predicted molar refractivity (Wildman–Crippen MR) is 154 cm³/mol. The smallest absolute Gasteiger partial charge is 0.105 e. The lowest BCUT2D eigenvalue weighted by atomic mass is 9.95. The van der Waals surface area contributed by atoms with Crippen LogP contribution in [0.3, 0.4) is 0 Å². The minimum Gasteiger partial charge on any atom is -0.358 e. The normalized spacial score (nSPS) is 26.2. The van der Waals surface area contributed by atoms with Gasteiger partial charge in [0.25, 0.3) is 0 Å². The summed E-state index contributed by atoms with van der Waals surface area (Å²) in [6.07, 6.45) is 22.9. The second-order valence-corrected chi connectivity index (χ2v) is 11.9. The van der Waals surface area contributed by atoms with Gasteiger partial charge in [0.15, 0.2) is 0 Å². The van der Waals surface area contributed by atoms with Crippen molar-refractivity contribution >= 4 is 5.84 Å². The summed E-state index contributed by atoms with van der Waals surface area (Å²) >= 11 is 0. The van der Waals surface area contributed by atoms with E-state index < -0.39 is 0 Å². The lowest BCUT2D eigenvalue weighted by molar-refractivity contribution is 0.257. The van der Waals surface area contributed by atoms with E-state index in [1.165, 1.54) is 115 Å². The van der Waals surface area contributed by atoms with Gasteiger partial charge in [0.05, 0.1) is 6.54 Å². The fourth-order valence-corrected chi connectivity index (χ4v) is 6.53. The van der Waals surface area contributed by atoms with E-state index in [0.29, 0.717) is 5.92 Å². The van der Waals surface area contributed by atoms with Gasteiger partial charge in [-0.1, -0.05) is 58.3 Å². The van der Waals surface area contributed by atoms with Gasteiger partial charge < -0.3 is 20.9 Å². The molecule has 1 unspecified atom stereocenters. The van der Waals surface area contributed by atoms with Gasteiger partial charge in [-0.2, -0.15) is 0 Å². The Morgan fingerprint density at radius 2 is 1.36 bits per heavy atom. The van der Waals surface area contributed by atoms with Gasteiger partial charge in [-0.25, -0.2) is 0 Å². The molecule has 0 bridgehead atoms. The number of likely N-dealkylation sites (tertiary alicyclic amines) is 1. The Bertz CT molecular complexity index is 632. The summed E-state index contributed by atoms with van der Waals surface area (Å²) in [5, 5.41) is 11.5. The van der Waals surface area contributed by atoms with Gasteiger partial charge in [0, 0.05) is 63.8 Å². The van der Waals surface area contributed by atoms with Crippen LogP contribution in [0, 0.1) is 5.92 Å². The van der Waals surface area contributed by atoms with Crippen molar-refractivity contribution in [3.63, 3.8) is 0 Å². The molecule has 3 fully saturated rings. The largest absolute Gasteiger partial charge is 0.358 e. The molecule has 3 N–H and O–H groups in total. The molecule has 2 aliphatic heterocycles. The monoisotopic (exact) mass is 500 g/mol. The number of rotatable bonds is 12. The summed E-state index contributed by atoms with van der Waals surface area (Å²) in [5.41, 5.74) is 0. The van der Waals surface area contributed by atoms with Crippen LogP contribution in [-0.2, 0) is 0 Å². The molecule has 2 heterocycles. The minimum atomic E-state index is 0.495. The van der Waals surface area contributed by atoms with Crippen molar-refractivity contribution in [1.29, 1.82) is 0 Å². The van der Waals surface area contributed by atoms with Crippen molar-refractivity contribution in [2.75, 3.05) is 52.4 Å². The predicted octanol–water partition coefficient (Wildman–Crippen LogP) is 4.88. The maximum atomic E-state index is 5.12. The molecule has 0 aromatic heterocycles. The standard InChI is InChI=1S/C30H56N6/c1-26-16-17-29(36-21-10-2-3-11-22-36)34-30(26)33-20-25-35(23-18-31-27-12-6-4-7-13-27)24-19-32-28-14-8-5-9-15-28/h17,26-28,31-32H,2-16,18-25H2,1H3,(H,33,34). The lowest BCUT2D eigenvalue weighted by Gasteiger charge is -2.32. The molecular formula is C30H56N6. The van der Waals surface area contributed by atoms with E-state index in [9.17, 15) is 0 Å². The van der Waals surface area contributed by atoms with Crippen molar-refractivity contribution in [2.24, 2.45) is 10.9 Å². The van der Waals surface area contributed by atoms with Gasteiger partial charge >= 0.3 is 0 Å². The summed E-state index contributed by atoms with van der Waals surface area (Å²) < 4.78 is 0. The van der Waals surface area contributed by atoms with Crippen LogP contribution in [0.5, 0.6) is 0 Å². The van der Waals surface area contributed by atoms with Crippen LogP contribution in [0.1, 0.15) is 103 Å². The lowest BCUT2D eigenvalue weighted by Crippen LogP contribution is -2.43. The third kappa shape index (κ3) is 9.64. The molecule has 4 aliphatic rings. The zero-order valence-electron chi connectivity index (χ0n) is 23.4. The maximum Gasteiger partial charge on any atom is 0.105 e. The van der Waals surface area contributed by atoms with Crippen molar-refractivity contribution in [2.45, 2.75) is 115 Å². The molecule has 2 saturated carbocycles. The molecule has 6 heteroatoms. The summed E-state index contributed by atoms with van der Waals surface area (Å²) in [5.74, 6) is 3.02. The first-order valence-electron chi connectivity index (χ1n) is 15.7. The summed E-state index contributed by atoms with van der Waals surface area (Å²) in [6.45, 7) is 11.1. The highest BCUT2D eigenvalue weighted by atomic mass is 15.3. The van der Waals surface area contributed by atoms with Gasteiger partial charge in [-0.15, -0.1) is 0 Å². The Balaban J connectivity index is 1.24. The Hall–Kier alpha value is -1.11. The quantitative estimate of drug-likeness (QED) is 0.357. The van der Waals surface area contributed by atoms with Gasteiger partial charge in [-0.05, 0) is 51.0 Å². The molecule has 4 rings (SSSR count). The van der Waals surface area contributed by atoms with E-state index in [0.717, 1.165) is 57.8 Å². The molecule has 6 nitrogen and oxygen atoms in total. The van der Waals surface area contributed by atoms with E-state index in [4.69, 9.17) is 4.99 Å². The minimum absolute atomic E-state index is 0.495. The third-order valence-corrected chi connectivity index (χ3v) is 8.97. The number of hydrogen-bond donors (Lipinski definition) is 3. The zero-order valence-corrected chi connectivity index (χ0v) is 23.4. The molecule has 0 radical (unpaired) electrons. The zero-order chi connectivity index (χ0) is 24.8. The van der Waals surface area contributed by atoms with Crippen LogP contribution < -0.4 is 16.0 Å². The number of amidine groups is 1. The Morgan fingerprint density at radius 1 is 0.806 bits per heavy atom. The van der Waals surface area contributed by atoms with Crippen molar-refractivity contribution in [3.05, 3.63) is 11.9 Å². The highest BCUT2D eigenvalue weighted by molar-refractivity contribution is 5.86. The molecule has 36 heavy (non-hydrogen) atoms.